The molecule has 0 spiro atoms. The number of aliphatic hydroxyl groups is 1. The maximum absolute atomic E-state index is 11.6. The van der Waals surface area contributed by atoms with E-state index in [1.807, 2.05) is 12.1 Å². The third-order valence-corrected chi connectivity index (χ3v) is 2.15. The molecule has 88 valence electrons. The lowest BCUT2D eigenvalue weighted by Gasteiger charge is -2.05. The van der Waals surface area contributed by atoms with E-state index >= 15 is 0 Å². The van der Waals surface area contributed by atoms with Gasteiger partial charge in [0, 0.05) is 25.8 Å². The van der Waals surface area contributed by atoms with Crippen LogP contribution in [0.5, 0.6) is 0 Å². The molecule has 1 aromatic rings. The van der Waals surface area contributed by atoms with Crippen LogP contribution in [0.25, 0.3) is 0 Å². The van der Waals surface area contributed by atoms with Crippen LogP contribution in [0, 0.1) is 0 Å². The van der Waals surface area contributed by atoms with E-state index in [1.54, 1.807) is 19.2 Å². The van der Waals surface area contributed by atoms with Crippen molar-refractivity contribution < 1.29 is 14.6 Å². The number of rotatable bonds is 6. The van der Waals surface area contributed by atoms with Gasteiger partial charge in [0.1, 0.15) is 0 Å². The van der Waals surface area contributed by atoms with Gasteiger partial charge < -0.3 is 15.2 Å². The second-order valence-corrected chi connectivity index (χ2v) is 3.46. The molecule has 0 aliphatic rings. The molecule has 16 heavy (non-hydrogen) atoms. The van der Waals surface area contributed by atoms with E-state index in [2.05, 4.69) is 5.32 Å². The molecule has 1 aromatic carbocycles. The van der Waals surface area contributed by atoms with Crippen LogP contribution in [-0.4, -0.2) is 31.3 Å². The van der Waals surface area contributed by atoms with E-state index in [4.69, 9.17) is 9.84 Å². The first-order chi connectivity index (χ1) is 7.77. The summed E-state index contributed by atoms with van der Waals surface area (Å²) in [5.74, 6) is -0.114. The quantitative estimate of drug-likeness (QED) is 0.706. The molecule has 0 saturated heterocycles. The molecule has 1 rings (SSSR count). The minimum absolute atomic E-state index is 0.0903. The number of benzene rings is 1. The van der Waals surface area contributed by atoms with Crippen molar-refractivity contribution in [2.75, 3.05) is 20.3 Å². The Morgan fingerprint density at radius 1 is 1.38 bits per heavy atom. The number of amides is 1. The number of ether oxygens (including phenoxy) is 1. The van der Waals surface area contributed by atoms with Crippen LogP contribution in [0.3, 0.4) is 0 Å². The first-order valence-corrected chi connectivity index (χ1v) is 5.25. The molecule has 0 radical (unpaired) electrons. The smallest absolute Gasteiger partial charge is 0.251 e. The molecule has 1 amide bonds. The second kappa shape index (κ2) is 6.98. The zero-order valence-electron chi connectivity index (χ0n) is 9.40. The van der Waals surface area contributed by atoms with Crippen molar-refractivity contribution in [1.82, 2.24) is 5.32 Å². The van der Waals surface area contributed by atoms with Crippen LogP contribution in [-0.2, 0) is 11.3 Å². The Kier molecular flexibility index (Phi) is 5.53. The Bertz CT molecular complexity index is 322. The predicted molar refractivity (Wildman–Crippen MR) is 61.2 cm³/mol. The molecule has 4 heteroatoms. The Balaban J connectivity index is 2.49. The van der Waals surface area contributed by atoms with Gasteiger partial charge in [-0.05, 0) is 24.1 Å². The molecule has 0 heterocycles. The highest BCUT2D eigenvalue weighted by molar-refractivity contribution is 5.94. The summed E-state index contributed by atoms with van der Waals surface area (Å²) < 4.78 is 4.98. The van der Waals surface area contributed by atoms with E-state index in [1.165, 1.54) is 0 Å². The molecule has 4 nitrogen and oxygen atoms in total. The Hall–Kier alpha value is -1.39. The fourth-order valence-corrected chi connectivity index (χ4v) is 1.30. The number of carbonyl (C=O) groups is 1. The summed E-state index contributed by atoms with van der Waals surface area (Å²) in [4.78, 5) is 11.6. The van der Waals surface area contributed by atoms with E-state index in [0.29, 0.717) is 25.1 Å². The molecule has 0 fully saturated rings. The second-order valence-electron chi connectivity index (χ2n) is 3.46. The fraction of sp³-hybridized carbons (Fsp3) is 0.417. The third-order valence-electron chi connectivity index (χ3n) is 2.15. The van der Waals surface area contributed by atoms with E-state index in [-0.39, 0.29) is 12.5 Å². The van der Waals surface area contributed by atoms with E-state index < -0.39 is 0 Å². The number of methoxy groups -OCH3 is 1. The highest BCUT2D eigenvalue weighted by Gasteiger charge is 2.03. The predicted octanol–water partition coefficient (Wildman–Crippen LogP) is 0.945. The summed E-state index contributed by atoms with van der Waals surface area (Å²) in [5.41, 5.74) is 1.66. The standard InChI is InChI=1S/C12H17NO3/c1-16-9-10-3-5-11(6-4-10)12(15)13-7-2-8-14/h3-6,14H,2,7-9H2,1H3,(H,13,15). The van der Waals surface area contributed by atoms with Crippen molar-refractivity contribution in [3.63, 3.8) is 0 Å². The average molecular weight is 223 g/mol. The summed E-state index contributed by atoms with van der Waals surface area (Å²) in [5, 5.41) is 11.3. The number of aliphatic hydroxyl groups excluding tert-OH is 1. The van der Waals surface area contributed by atoms with Gasteiger partial charge in [-0.25, -0.2) is 0 Å². The van der Waals surface area contributed by atoms with E-state index in [0.717, 1.165) is 5.56 Å². The van der Waals surface area contributed by atoms with Gasteiger partial charge in [0.2, 0.25) is 0 Å². The Morgan fingerprint density at radius 2 is 2.06 bits per heavy atom. The van der Waals surface area contributed by atoms with Gasteiger partial charge in [-0.2, -0.15) is 0 Å². The van der Waals surface area contributed by atoms with Crippen LogP contribution in [0.15, 0.2) is 24.3 Å². The molecular weight excluding hydrogens is 206 g/mol. The number of hydrogen-bond acceptors (Lipinski definition) is 3. The van der Waals surface area contributed by atoms with Crippen molar-refractivity contribution in [3.05, 3.63) is 35.4 Å². The molecule has 0 aliphatic heterocycles. The molecule has 0 bridgehead atoms. The van der Waals surface area contributed by atoms with Gasteiger partial charge in [-0.15, -0.1) is 0 Å². The summed E-state index contributed by atoms with van der Waals surface area (Å²) >= 11 is 0. The van der Waals surface area contributed by atoms with Crippen LogP contribution >= 0.6 is 0 Å². The molecule has 0 aromatic heterocycles. The summed E-state index contributed by atoms with van der Waals surface area (Å²) in [6, 6.07) is 7.26. The average Bonchev–Trinajstić information content (AvgIpc) is 2.30. The molecule has 0 atom stereocenters. The Labute approximate surface area is 95.2 Å². The summed E-state index contributed by atoms with van der Waals surface area (Å²) in [7, 11) is 1.63. The summed E-state index contributed by atoms with van der Waals surface area (Å²) in [6.45, 7) is 1.13. The minimum Gasteiger partial charge on any atom is -0.396 e. The zero-order chi connectivity index (χ0) is 11.8. The minimum atomic E-state index is -0.114. The first-order valence-electron chi connectivity index (χ1n) is 5.25. The topological polar surface area (TPSA) is 58.6 Å². The molecule has 0 unspecified atom stereocenters. The van der Waals surface area contributed by atoms with Gasteiger partial charge in [-0.3, -0.25) is 4.79 Å². The fourth-order valence-electron chi connectivity index (χ4n) is 1.30. The summed E-state index contributed by atoms with van der Waals surface area (Å²) in [6.07, 6.45) is 0.577. The van der Waals surface area contributed by atoms with Crippen LogP contribution < -0.4 is 5.32 Å². The van der Waals surface area contributed by atoms with Crippen LogP contribution in [0.4, 0.5) is 0 Å². The van der Waals surface area contributed by atoms with Gasteiger partial charge in [0.25, 0.3) is 5.91 Å². The zero-order valence-corrected chi connectivity index (χ0v) is 9.40. The molecular formula is C12H17NO3. The highest BCUT2D eigenvalue weighted by Crippen LogP contribution is 2.05. The van der Waals surface area contributed by atoms with Crippen molar-refractivity contribution in [3.8, 4) is 0 Å². The van der Waals surface area contributed by atoms with Gasteiger partial charge in [0.15, 0.2) is 0 Å². The lowest BCUT2D eigenvalue weighted by Crippen LogP contribution is -2.24. The largest absolute Gasteiger partial charge is 0.396 e. The normalized spacial score (nSPS) is 10.1. The number of hydrogen-bond donors (Lipinski definition) is 2. The van der Waals surface area contributed by atoms with Gasteiger partial charge >= 0.3 is 0 Å². The number of nitrogens with one attached hydrogen (secondary N) is 1. The highest BCUT2D eigenvalue weighted by atomic mass is 16.5. The van der Waals surface area contributed by atoms with Crippen molar-refractivity contribution >= 4 is 5.91 Å². The SMILES string of the molecule is COCc1ccc(C(=O)NCCCO)cc1. The molecule has 2 N–H and O–H groups in total. The maximum Gasteiger partial charge on any atom is 0.251 e. The van der Waals surface area contributed by atoms with Crippen molar-refractivity contribution in [2.24, 2.45) is 0 Å². The van der Waals surface area contributed by atoms with Crippen LogP contribution in [0.2, 0.25) is 0 Å². The lowest BCUT2D eigenvalue weighted by atomic mass is 10.1. The monoisotopic (exact) mass is 223 g/mol. The molecule has 0 saturated carbocycles. The molecule has 0 aliphatic carbocycles. The van der Waals surface area contributed by atoms with Crippen LogP contribution in [0.1, 0.15) is 22.3 Å². The lowest BCUT2D eigenvalue weighted by molar-refractivity contribution is 0.0951. The van der Waals surface area contributed by atoms with Crippen molar-refractivity contribution in [2.45, 2.75) is 13.0 Å². The first kappa shape index (κ1) is 12.7. The van der Waals surface area contributed by atoms with Gasteiger partial charge in [0.05, 0.1) is 6.61 Å². The number of carbonyl (C=O) groups excluding carboxylic acids is 1. The van der Waals surface area contributed by atoms with Crippen molar-refractivity contribution in [1.29, 1.82) is 0 Å². The van der Waals surface area contributed by atoms with E-state index in [9.17, 15) is 4.79 Å². The maximum atomic E-state index is 11.6. The van der Waals surface area contributed by atoms with Gasteiger partial charge in [-0.1, -0.05) is 12.1 Å². The Morgan fingerprint density at radius 3 is 2.62 bits per heavy atom. The third kappa shape index (κ3) is 4.00.